The third-order valence-corrected chi connectivity index (χ3v) is 3.72. The highest BCUT2D eigenvalue weighted by atomic mass is 16.5. The van der Waals surface area contributed by atoms with Gasteiger partial charge in [-0.05, 0) is 44.7 Å². The summed E-state index contributed by atoms with van der Waals surface area (Å²) in [5, 5.41) is 0. The minimum absolute atomic E-state index is 0.0786. The van der Waals surface area contributed by atoms with E-state index >= 15 is 0 Å². The van der Waals surface area contributed by atoms with Crippen LogP contribution < -0.4 is 0 Å². The van der Waals surface area contributed by atoms with Crippen LogP contribution in [0.3, 0.4) is 0 Å². The van der Waals surface area contributed by atoms with Gasteiger partial charge in [-0.1, -0.05) is 12.5 Å². The highest BCUT2D eigenvalue weighted by molar-refractivity contribution is 5.90. The first kappa shape index (κ1) is 12.2. The standard InChI is InChI=1S/C15H18N2O2/c1-11-14(17-10-6-5-9-13(17)16-11)15(18)19-12-7-3-2-4-8-12/h5-6,9-10,12H,2-4,7-8H2,1H3. The lowest BCUT2D eigenvalue weighted by molar-refractivity contribution is 0.0202. The lowest BCUT2D eigenvalue weighted by Crippen LogP contribution is -2.22. The minimum Gasteiger partial charge on any atom is -0.458 e. The van der Waals surface area contributed by atoms with Gasteiger partial charge in [0.05, 0.1) is 5.69 Å². The van der Waals surface area contributed by atoms with Gasteiger partial charge in [-0.25, -0.2) is 9.78 Å². The van der Waals surface area contributed by atoms with Crippen molar-refractivity contribution in [3.05, 3.63) is 35.8 Å². The van der Waals surface area contributed by atoms with Crippen LogP contribution >= 0.6 is 0 Å². The van der Waals surface area contributed by atoms with Crippen LogP contribution in [0.15, 0.2) is 24.4 Å². The van der Waals surface area contributed by atoms with Gasteiger partial charge in [-0.15, -0.1) is 0 Å². The maximum absolute atomic E-state index is 12.3. The Balaban J connectivity index is 1.86. The van der Waals surface area contributed by atoms with E-state index in [4.69, 9.17) is 4.74 Å². The van der Waals surface area contributed by atoms with Crippen molar-refractivity contribution in [1.29, 1.82) is 0 Å². The predicted molar refractivity (Wildman–Crippen MR) is 72.2 cm³/mol. The van der Waals surface area contributed by atoms with Crippen LogP contribution in [-0.4, -0.2) is 21.5 Å². The fourth-order valence-electron chi connectivity index (χ4n) is 2.75. The SMILES string of the molecule is Cc1nc2ccccn2c1C(=O)OC1CCCCC1. The monoisotopic (exact) mass is 258 g/mol. The number of aryl methyl sites for hydroxylation is 1. The number of rotatable bonds is 2. The van der Waals surface area contributed by atoms with E-state index in [1.54, 1.807) is 4.40 Å². The molecule has 0 spiro atoms. The molecule has 0 amide bonds. The first-order valence-corrected chi connectivity index (χ1v) is 6.90. The maximum atomic E-state index is 12.3. The van der Waals surface area contributed by atoms with Gasteiger partial charge in [0.1, 0.15) is 11.8 Å². The highest BCUT2D eigenvalue weighted by Crippen LogP contribution is 2.22. The molecule has 0 atom stereocenters. The van der Waals surface area contributed by atoms with E-state index in [9.17, 15) is 4.79 Å². The van der Waals surface area contributed by atoms with Crippen molar-refractivity contribution < 1.29 is 9.53 Å². The molecule has 2 aromatic rings. The maximum Gasteiger partial charge on any atom is 0.357 e. The molecular formula is C15H18N2O2. The molecule has 1 aliphatic rings. The van der Waals surface area contributed by atoms with Gasteiger partial charge in [0, 0.05) is 6.20 Å². The molecule has 0 bridgehead atoms. The fourth-order valence-corrected chi connectivity index (χ4v) is 2.75. The van der Waals surface area contributed by atoms with Crippen molar-refractivity contribution in [2.45, 2.75) is 45.1 Å². The van der Waals surface area contributed by atoms with Crippen LogP contribution in [-0.2, 0) is 4.74 Å². The average molecular weight is 258 g/mol. The zero-order valence-corrected chi connectivity index (χ0v) is 11.1. The van der Waals surface area contributed by atoms with Crippen molar-refractivity contribution in [3.8, 4) is 0 Å². The quantitative estimate of drug-likeness (QED) is 0.777. The number of nitrogens with zero attached hydrogens (tertiary/aromatic N) is 2. The first-order valence-electron chi connectivity index (χ1n) is 6.90. The van der Waals surface area contributed by atoms with Crippen molar-refractivity contribution in [1.82, 2.24) is 9.38 Å². The Labute approximate surface area is 112 Å². The van der Waals surface area contributed by atoms with Crippen molar-refractivity contribution in [2.75, 3.05) is 0 Å². The number of aromatic nitrogens is 2. The molecule has 0 aliphatic heterocycles. The molecule has 2 heterocycles. The van der Waals surface area contributed by atoms with E-state index in [-0.39, 0.29) is 12.1 Å². The Kier molecular flexibility index (Phi) is 3.23. The molecule has 0 N–H and O–H groups in total. The molecule has 19 heavy (non-hydrogen) atoms. The first-order chi connectivity index (χ1) is 9.25. The topological polar surface area (TPSA) is 43.6 Å². The van der Waals surface area contributed by atoms with Gasteiger partial charge in [0.2, 0.25) is 0 Å². The van der Waals surface area contributed by atoms with Gasteiger partial charge < -0.3 is 4.74 Å². The molecule has 3 rings (SSSR count). The molecule has 1 fully saturated rings. The minimum atomic E-state index is -0.247. The van der Waals surface area contributed by atoms with Crippen molar-refractivity contribution in [3.63, 3.8) is 0 Å². The summed E-state index contributed by atoms with van der Waals surface area (Å²) >= 11 is 0. The Morgan fingerprint density at radius 2 is 2.11 bits per heavy atom. The third-order valence-electron chi connectivity index (χ3n) is 3.72. The Hall–Kier alpha value is -1.84. The predicted octanol–water partition coefficient (Wildman–Crippen LogP) is 3.13. The van der Waals surface area contributed by atoms with E-state index in [1.165, 1.54) is 6.42 Å². The number of esters is 1. The van der Waals surface area contributed by atoms with Gasteiger partial charge in [0.25, 0.3) is 0 Å². The van der Waals surface area contributed by atoms with E-state index < -0.39 is 0 Å². The van der Waals surface area contributed by atoms with Crippen LogP contribution in [0, 0.1) is 6.92 Å². The van der Waals surface area contributed by atoms with Crippen LogP contribution in [0.4, 0.5) is 0 Å². The van der Waals surface area contributed by atoms with Gasteiger partial charge in [-0.3, -0.25) is 4.40 Å². The molecule has 4 nitrogen and oxygen atoms in total. The van der Waals surface area contributed by atoms with Crippen LogP contribution in [0.2, 0.25) is 0 Å². The zero-order valence-electron chi connectivity index (χ0n) is 11.1. The van der Waals surface area contributed by atoms with Crippen LogP contribution in [0.25, 0.3) is 5.65 Å². The zero-order chi connectivity index (χ0) is 13.2. The number of fused-ring (bicyclic) bond motifs is 1. The molecule has 0 radical (unpaired) electrons. The number of carbonyl (C=O) groups excluding carboxylic acids is 1. The summed E-state index contributed by atoms with van der Waals surface area (Å²) in [4.78, 5) is 16.7. The molecule has 0 unspecified atom stereocenters. The lowest BCUT2D eigenvalue weighted by atomic mass is 9.98. The summed E-state index contributed by atoms with van der Waals surface area (Å²) in [5.74, 6) is -0.247. The van der Waals surface area contributed by atoms with Crippen molar-refractivity contribution >= 4 is 11.6 Å². The number of pyridine rings is 1. The van der Waals surface area contributed by atoms with Gasteiger partial charge in [0.15, 0.2) is 5.69 Å². The van der Waals surface area contributed by atoms with E-state index in [0.29, 0.717) is 5.69 Å². The van der Waals surface area contributed by atoms with Gasteiger partial charge >= 0.3 is 5.97 Å². The largest absolute Gasteiger partial charge is 0.458 e. The number of carbonyl (C=O) groups is 1. The molecule has 0 aromatic carbocycles. The number of ether oxygens (including phenoxy) is 1. The molecule has 4 heteroatoms. The second-order valence-corrected chi connectivity index (χ2v) is 5.14. The summed E-state index contributed by atoms with van der Waals surface area (Å²) in [6.07, 6.45) is 7.47. The second-order valence-electron chi connectivity index (χ2n) is 5.14. The molecule has 1 aliphatic carbocycles. The number of hydrogen-bond donors (Lipinski definition) is 0. The third kappa shape index (κ3) is 2.35. The second kappa shape index (κ2) is 5.03. The van der Waals surface area contributed by atoms with E-state index in [1.807, 2.05) is 31.3 Å². The lowest BCUT2D eigenvalue weighted by Gasteiger charge is -2.21. The summed E-state index contributed by atoms with van der Waals surface area (Å²) in [7, 11) is 0. The molecular weight excluding hydrogens is 240 g/mol. The summed E-state index contributed by atoms with van der Waals surface area (Å²) in [6.45, 7) is 1.85. The smallest absolute Gasteiger partial charge is 0.357 e. The fraction of sp³-hybridized carbons (Fsp3) is 0.467. The molecule has 100 valence electrons. The molecule has 2 aromatic heterocycles. The Morgan fingerprint density at radius 3 is 2.89 bits per heavy atom. The normalized spacial score (nSPS) is 16.7. The average Bonchev–Trinajstić information content (AvgIpc) is 2.75. The van der Waals surface area contributed by atoms with E-state index in [2.05, 4.69) is 4.98 Å². The van der Waals surface area contributed by atoms with Crippen LogP contribution in [0.5, 0.6) is 0 Å². The van der Waals surface area contributed by atoms with E-state index in [0.717, 1.165) is 37.0 Å². The number of hydrogen-bond acceptors (Lipinski definition) is 3. The Morgan fingerprint density at radius 1 is 1.32 bits per heavy atom. The summed E-state index contributed by atoms with van der Waals surface area (Å²) < 4.78 is 7.43. The summed E-state index contributed by atoms with van der Waals surface area (Å²) in [6, 6.07) is 5.70. The number of imidazole rings is 1. The highest BCUT2D eigenvalue weighted by Gasteiger charge is 2.23. The summed E-state index contributed by atoms with van der Waals surface area (Å²) in [5.41, 5.74) is 2.07. The van der Waals surface area contributed by atoms with Crippen molar-refractivity contribution in [2.24, 2.45) is 0 Å². The Bertz CT molecular complexity index is 597. The molecule has 0 saturated heterocycles. The molecule has 1 saturated carbocycles. The van der Waals surface area contributed by atoms with Gasteiger partial charge in [-0.2, -0.15) is 0 Å². The van der Waals surface area contributed by atoms with Crippen LogP contribution in [0.1, 0.15) is 48.3 Å².